The van der Waals surface area contributed by atoms with Crippen molar-refractivity contribution in [1.82, 2.24) is 15.2 Å². The Morgan fingerprint density at radius 1 is 1.44 bits per heavy atom. The summed E-state index contributed by atoms with van der Waals surface area (Å²) in [6, 6.07) is 3.84. The second kappa shape index (κ2) is 5.44. The number of H-pyrrole nitrogens is 1. The van der Waals surface area contributed by atoms with Gasteiger partial charge in [-0.05, 0) is 31.9 Å². The van der Waals surface area contributed by atoms with E-state index in [-0.39, 0.29) is 5.91 Å². The molecule has 2 rings (SSSR count). The van der Waals surface area contributed by atoms with Gasteiger partial charge >= 0.3 is 0 Å². The lowest BCUT2D eigenvalue weighted by Gasteiger charge is -2.05. The summed E-state index contributed by atoms with van der Waals surface area (Å²) in [6.07, 6.45) is 4.63. The Morgan fingerprint density at radius 2 is 2.28 bits per heavy atom. The Morgan fingerprint density at radius 3 is 2.89 bits per heavy atom. The molecule has 2 aromatic heterocycles. The number of pyridine rings is 1. The summed E-state index contributed by atoms with van der Waals surface area (Å²) >= 11 is 0. The third-order valence-corrected chi connectivity index (χ3v) is 2.76. The molecule has 0 aliphatic heterocycles. The highest BCUT2D eigenvalue weighted by molar-refractivity contribution is 5.91. The van der Waals surface area contributed by atoms with Crippen molar-refractivity contribution in [3.8, 4) is 0 Å². The van der Waals surface area contributed by atoms with Gasteiger partial charge in [0.1, 0.15) is 0 Å². The Labute approximate surface area is 106 Å². The van der Waals surface area contributed by atoms with Crippen LogP contribution in [0.2, 0.25) is 0 Å². The predicted molar refractivity (Wildman–Crippen MR) is 69.2 cm³/mol. The monoisotopic (exact) mass is 244 g/mol. The lowest BCUT2D eigenvalue weighted by Crippen LogP contribution is -2.13. The SMILES string of the molecule is Cc1n[nH]c(C)c1NC(=O)CCc1cccnc1. The van der Waals surface area contributed by atoms with Crippen molar-refractivity contribution < 1.29 is 4.79 Å². The lowest BCUT2D eigenvalue weighted by molar-refractivity contribution is -0.116. The fourth-order valence-electron chi connectivity index (χ4n) is 1.74. The summed E-state index contributed by atoms with van der Waals surface area (Å²) < 4.78 is 0. The minimum atomic E-state index is -0.00791. The first kappa shape index (κ1) is 12.3. The molecule has 2 N–H and O–H groups in total. The van der Waals surface area contributed by atoms with Crippen LogP contribution in [0.5, 0.6) is 0 Å². The molecule has 2 aromatic rings. The maximum atomic E-state index is 11.8. The molecule has 0 aromatic carbocycles. The van der Waals surface area contributed by atoms with Crippen molar-refractivity contribution in [3.63, 3.8) is 0 Å². The van der Waals surface area contributed by atoms with E-state index in [0.717, 1.165) is 22.6 Å². The molecule has 2 heterocycles. The molecule has 94 valence electrons. The molecule has 0 saturated heterocycles. The molecule has 0 radical (unpaired) electrons. The van der Waals surface area contributed by atoms with Crippen molar-refractivity contribution in [2.75, 3.05) is 5.32 Å². The number of hydrogen-bond donors (Lipinski definition) is 2. The average Bonchev–Trinajstić information content (AvgIpc) is 2.69. The van der Waals surface area contributed by atoms with E-state index in [1.165, 1.54) is 0 Å². The number of nitrogens with one attached hydrogen (secondary N) is 2. The van der Waals surface area contributed by atoms with Crippen LogP contribution in [0.3, 0.4) is 0 Å². The number of aromatic amines is 1. The zero-order valence-corrected chi connectivity index (χ0v) is 10.5. The van der Waals surface area contributed by atoms with E-state index in [1.807, 2.05) is 26.0 Å². The molecular formula is C13H16N4O. The first-order valence-electron chi connectivity index (χ1n) is 5.87. The van der Waals surface area contributed by atoms with Gasteiger partial charge in [-0.15, -0.1) is 0 Å². The van der Waals surface area contributed by atoms with E-state index in [9.17, 15) is 4.79 Å². The number of nitrogens with zero attached hydrogens (tertiary/aromatic N) is 2. The fourth-order valence-corrected chi connectivity index (χ4v) is 1.74. The molecule has 0 saturated carbocycles. The van der Waals surface area contributed by atoms with Crippen LogP contribution in [0, 0.1) is 13.8 Å². The Kier molecular flexibility index (Phi) is 3.72. The van der Waals surface area contributed by atoms with Gasteiger partial charge in [-0.1, -0.05) is 6.07 Å². The summed E-state index contributed by atoms with van der Waals surface area (Å²) in [5, 5.41) is 9.75. The van der Waals surface area contributed by atoms with Crippen LogP contribution in [-0.4, -0.2) is 21.1 Å². The number of anilines is 1. The summed E-state index contributed by atoms with van der Waals surface area (Å²) in [7, 11) is 0. The van der Waals surface area contributed by atoms with Gasteiger partial charge in [-0.25, -0.2) is 0 Å². The van der Waals surface area contributed by atoms with Crippen LogP contribution in [0.15, 0.2) is 24.5 Å². The van der Waals surface area contributed by atoms with Crippen molar-refractivity contribution in [3.05, 3.63) is 41.5 Å². The molecule has 0 atom stereocenters. The van der Waals surface area contributed by atoms with E-state index >= 15 is 0 Å². The third kappa shape index (κ3) is 2.94. The second-order valence-electron chi connectivity index (χ2n) is 4.22. The molecule has 0 unspecified atom stereocenters. The average molecular weight is 244 g/mol. The maximum absolute atomic E-state index is 11.8. The summed E-state index contributed by atoms with van der Waals surface area (Å²) in [4.78, 5) is 15.8. The molecule has 0 aliphatic rings. The highest BCUT2D eigenvalue weighted by Crippen LogP contribution is 2.16. The second-order valence-corrected chi connectivity index (χ2v) is 4.22. The van der Waals surface area contributed by atoms with Gasteiger partial charge in [-0.3, -0.25) is 14.9 Å². The smallest absolute Gasteiger partial charge is 0.224 e. The number of aromatic nitrogens is 3. The number of hydrogen-bond acceptors (Lipinski definition) is 3. The number of aryl methyl sites for hydroxylation is 3. The normalized spacial score (nSPS) is 10.3. The van der Waals surface area contributed by atoms with Crippen molar-refractivity contribution >= 4 is 11.6 Å². The number of amides is 1. The van der Waals surface area contributed by atoms with Crippen LogP contribution in [-0.2, 0) is 11.2 Å². The van der Waals surface area contributed by atoms with E-state index in [2.05, 4.69) is 20.5 Å². The van der Waals surface area contributed by atoms with Gasteiger partial charge in [0, 0.05) is 18.8 Å². The number of rotatable bonds is 4. The minimum absolute atomic E-state index is 0.00791. The Bertz CT molecular complexity index is 514. The Hall–Kier alpha value is -2.17. The zero-order valence-electron chi connectivity index (χ0n) is 10.5. The summed E-state index contributed by atoms with van der Waals surface area (Å²) in [6.45, 7) is 3.75. The van der Waals surface area contributed by atoms with Crippen LogP contribution >= 0.6 is 0 Å². The molecular weight excluding hydrogens is 228 g/mol. The van der Waals surface area contributed by atoms with Crippen molar-refractivity contribution in [2.24, 2.45) is 0 Å². The predicted octanol–water partition coefficient (Wildman–Crippen LogP) is 1.99. The summed E-state index contributed by atoms with van der Waals surface area (Å²) in [5.41, 5.74) is 3.53. The number of carbonyl (C=O) groups is 1. The summed E-state index contributed by atoms with van der Waals surface area (Å²) in [5.74, 6) is -0.00791. The molecule has 0 spiro atoms. The molecule has 0 fully saturated rings. The Balaban J connectivity index is 1.90. The largest absolute Gasteiger partial charge is 0.323 e. The molecule has 0 aliphatic carbocycles. The van der Waals surface area contributed by atoms with Crippen LogP contribution < -0.4 is 5.32 Å². The van der Waals surface area contributed by atoms with Crippen LogP contribution in [0.4, 0.5) is 5.69 Å². The van der Waals surface area contributed by atoms with E-state index in [0.29, 0.717) is 12.8 Å². The third-order valence-electron chi connectivity index (χ3n) is 2.76. The van der Waals surface area contributed by atoms with Crippen molar-refractivity contribution in [2.45, 2.75) is 26.7 Å². The standard InChI is InChI=1S/C13H16N4O/c1-9-13(10(2)17-16-9)15-12(18)6-5-11-4-3-7-14-8-11/h3-4,7-8H,5-6H2,1-2H3,(H,15,18)(H,16,17). The quantitative estimate of drug-likeness (QED) is 0.864. The van der Waals surface area contributed by atoms with E-state index in [4.69, 9.17) is 0 Å². The molecule has 1 amide bonds. The fraction of sp³-hybridized carbons (Fsp3) is 0.308. The maximum Gasteiger partial charge on any atom is 0.224 e. The minimum Gasteiger partial charge on any atom is -0.323 e. The molecule has 5 heteroatoms. The van der Waals surface area contributed by atoms with Gasteiger partial charge in [0.15, 0.2) is 0 Å². The zero-order chi connectivity index (χ0) is 13.0. The van der Waals surface area contributed by atoms with Crippen molar-refractivity contribution in [1.29, 1.82) is 0 Å². The molecule has 5 nitrogen and oxygen atoms in total. The molecule has 0 bridgehead atoms. The lowest BCUT2D eigenvalue weighted by atomic mass is 10.1. The van der Waals surface area contributed by atoms with Gasteiger partial charge in [-0.2, -0.15) is 5.10 Å². The van der Waals surface area contributed by atoms with Gasteiger partial charge in [0.05, 0.1) is 17.1 Å². The topological polar surface area (TPSA) is 70.7 Å². The van der Waals surface area contributed by atoms with Crippen LogP contribution in [0.1, 0.15) is 23.4 Å². The van der Waals surface area contributed by atoms with E-state index < -0.39 is 0 Å². The van der Waals surface area contributed by atoms with Gasteiger partial charge < -0.3 is 5.32 Å². The first-order valence-corrected chi connectivity index (χ1v) is 5.87. The highest BCUT2D eigenvalue weighted by atomic mass is 16.1. The van der Waals surface area contributed by atoms with Gasteiger partial charge in [0.25, 0.3) is 0 Å². The number of carbonyl (C=O) groups excluding carboxylic acids is 1. The van der Waals surface area contributed by atoms with Crippen LogP contribution in [0.25, 0.3) is 0 Å². The van der Waals surface area contributed by atoms with Gasteiger partial charge in [0.2, 0.25) is 5.91 Å². The first-order chi connectivity index (χ1) is 8.66. The highest BCUT2D eigenvalue weighted by Gasteiger charge is 2.09. The molecule has 18 heavy (non-hydrogen) atoms. The van der Waals surface area contributed by atoms with E-state index in [1.54, 1.807) is 12.4 Å².